The second-order valence-corrected chi connectivity index (χ2v) is 9.00. The summed E-state index contributed by atoms with van der Waals surface area (Å²) in [6.07, 6.45) is 4.01. The number of carbonyl (C=O) groups is 1. The Labute approximate surface area is 181 Å². The minimum Gasteiger partial charge on any atom is -0.369 e. The number of nitrogens with zero attached hydrogens (tertiary/aromatic N) is 5. The van der Waals surface area contributed by atoms with E-state index in [9.17, 15) is 4.79 Å². The van der Waals surface area contributed by atoms with Crippen molar-refractivity contribution in [2.75, 3.05) is 11.5 Å². The van der Waals surface area contributed by atoms with E-state index in [1.165, 1.54) is 23.7 Å². The topological polar surface area (TPSA) is 89.4 Å². The third-order valence-corrected chi connectivity index (χ3v) is 6.80. The van der Waals surface area contributed by atoms with Gasteiger partial charge in [-0.1, -0.05) is 42.1 Å². The molecule has 0 radical (unpaired) electrons. The van der Waals surface area contributed by atoms with Gasteiger partial charge in [-0.3, -0.25) is 4.79 Å². The summed E-state index contributed by atoms with van der Waals surface area (Å²) in [4.78, 5) is 19.4. The van der Waals surface area contributed by atoms with Crippen LogP contribution in [0.25, 0.3) is 5.65 Å². The Morgan fingerprint density at radius 3 is 2.57 bits per heavy atom. The summed E-state index contributed by atoms with van der Waals surface area (Å²) in [6, 6.07) is 10.8. The van der Waals surface area contributed by atoms with Gasteiger partial charge in [-0.25, -0.2) is 9.38 Å². The van der Waals surface area contributed by atoms with E-state index in [2.05, 4.69) is 41.2 Å². The van der Waals surface area contributed by atoms with Crippen molar-refractivity contribution in [2.24, 2.45) is 0 Å². The molecular formula is C22H28N6OS. The second-order valence-electron chi connectivity index (χ2n) is 8.06. The smallest absolute Gasteiger partial charge is 0.233 e. The van der Waals surface area contributed by atoms with Crippen LogP contribution in [0.5, 0.6) is 0 Å². The largest absolute Gasteiger partial charge is 0.369 e. The van der Waals surface area contributed by atoms with Gasteiger partial charge in [-0.2, -0.15) is 0 Å². The van der Waals surface area contributed by atoms with Crippen LogP contribution in [0.2, 0.25) is 0 Å². The molecule has 8 heteroatoms. The van der Waals surface area contributed by atoms with E-state index in [0.29, 0.717) is 28.9 Å². The van der Waals surface area contributed by atoms with Crippen molar-refractivity contribution in [3.8, 4) is 0 Å². The average molecular weight is 425 g/mol. The first kappa shape index (κ1) is 20.7. The van der Waals surface area contributed by atoms with Crippen molar-refractivity contribution >= 4 is 29.3 Å². The monoisotopic (exact) mass is 424 g/mol. The molecule has 2 aromatic heterocycles. The van der Waals surface area contributed by atoms with E-state index in [0.717, 1.165) is 24.1 Å². The Balaban J connectivity index is 1.58. The molecule has 30 heavy (non-hydrogen) atoms. The number of piperidine rings is 1. The SMILES string of the molecule is Cc1nc(N)n2c(SCC(=O)N3[C@@H](C)CCC[C@@H]3C)nnc2c1Cc1ccccc1. The van der Waals surface area contributed by atoms with Gasteiger partial charge in [-0.15, -0.1) is 10.2 Å². The van der Waals surface area contributed by atoms with Gasteiger partial charge < -0.3 is 10.6 Å². The lowest BCUT2D eigenvalue weighted by Crippen LogP contribution is -2.48. The quantitative estimate of drug-likeness (QED) is 0.631. The number of thioether (sulfide) groups is 1. The molecule has 1 amide bonds. The number of hydrogen-bond donors (Lipinski definition) is 1. The summed E-state index contributed by atoms with van der Waals surface area (Å²) < 4.78 is 1.77. The van der Waals surface area contributed by atoms with Crippen molar-refractivity contribution < 1.29 is 4.79 Å². The van der Waals surface area contributed by atoms with Crippen molar-refractivity contribution in [2.45, 2.75) is 63.7 Å². The fourth-order valence-corrected chi connectivity index (χ4v) is 5.15. The van der Waals surface area contributed by atoms with Gasteiger partial charge in [-0.05, 0) is 45.6 Å². The maximum atomic E-state index is 12.9. The van der Waals surface area contributed by atoms with E-state index < -0.39 is 0 Å². The molecule has 2 N–H and O–H groups in total. The first-order valence-corrected chi connectivity index (χ1v) is 11.4. The highest BCUT2D eigenvalue weighted by atomic mass is 32.2. The second kappa shape index (κ2) is 8.63. The summed E-state index contributed by atoms with van der Waals surface area (Å²) >= 11 is 1.38. The third kappa shape index (κ3) is 4.01. The van der Waals surface area contributed by atoms with Gasteiger partial charge in [0.2, 0.25) is 11.9 Å². The maximum absolute atomic E-state index is 12.9. The van der Waals surface area contributed by atoms with Crippen molar-refractivity contribution in [3.63, 3.8) is 0 Å². The highest BCUT2D eigenvalue weighted by Gasteiger charge is 2.29. The number of likely N-dealkylation sites (tertiary alicyclic amines) is 1. The number of rotatable bonds is 5. The van der Waals surface area contributed by atoms with Crippen LogP contribution in [-0.4, -0.2) is 48.2 Å². The first-order valence-electron chi connectivity index (χ1n) is 10.4. The van der Waals surface area contributed by atoms with Crippen LogP contribution in [0.1, 0.15) is 49.9 Å². The van der Waals surface area contributed by atoms with E-state index in [1.54, 1.807) is 4.40 Å². The number of benzene rings is 1. The minimum atomic E-state index is 0.139. The number of hydrogen-bond acceptors (Lipinski definition) is 6. The predicted octanol–water partition coefficient (Wildman–Crippen LogP) is 3.49. The molecule has 3 heterocycles. The molecule has 1 aliphatic heterocycles. The molecule has 0 aliphatic carbocycles. The Morgan fingerprint density at radius 1 is 1.17 bits per heavy atom. The van der Waals surface area contributed by atoms with Gasteiger partial charge in [0.05, 0.1) is 5.75 Å². The van der Waals surface area contributed by atoms with Gasteiger partial charge in [0.1, 0.15) is 0 Å². The van der Waals surface area contributed by atoms with Crippen molar-refractivity contribution in [3.05, 3.63) is 47.2 Å². The van der Waals surface area contributed by atoms with Crippen LogP contribution in [0.3, 0.4) is 0 Å². The lowest BCUT2D eigenvalue weighted by atomic mass is 9.98. The summed E-state index contributed by atoms with van der Waals surface area (Å²) in [5, 5.41) is 9.35. The number of fused-ring (bicyclic) bond motifs is 1. The lowest BCUT2D eigenvalue weighted by Gasteiger charge is -2.39. The van der Waals surface area contributed by atoms with E-state index in [-0.39, 0.29) is 18.0 Å². The van der Waals surface area contributed by atoms with Crippen LogP contribution in [0.4, 0.5) is 5.95 Å². The minimum absolute atomic E-state index is 0.139. The Hall–Kier alpha value is -2.61. The number of carbonyl (C=O) groups excluding carboxylic acids is 1. The summed E-state index contributed by atoms with van der Waals surface area (Å²) in [5.74, 6) is 0.801. The molecule has 0 unspecified atom stereocenters. The van der Waals surface area contributed by atoms with Gasteiger partial charge in [0.25, 0.3) is 0 Å². The normalized spacial score (nSPS) is 19.4. The molecule has 1 fully saturated rings. The van der Waals surface area contributed by atoms with E-state index in [4.69, 9.17) is 5.73 Å². The molecule has 1 saturated heterocycles. The fourth-order valence-electron chi connectivity index (χ4n) is 4.34. The zero-order chi connectivity index (χ0) is 21.3. The summed E-state index contributed by atoms with van der Waals surface area (Å²) in [6.45, 7) is 6.20. The number of aromatic nitrogens is 4. The molecule has 2 atom stereocenters. The van der Waals surface area contributed by atoms with Gasteiger partial charge in [0.15, 0.2) is 10.8 Å². The standard InChI is InChI=1S/C22H28N6OS/c1-14-8-7-9-15(2)27(14)19(29)13-30-22-26-25-20-18(12-17-10-5-4-6-11-17)16(3)24-21(23)28(20)22/h4-6,10-11,14-15H,7-9,12-13H2,1-3H3,(H2,23,24)/t14-,15-/m0/s1. The van der Waals surface area contributed by atoms with Crippen molar-refractivity contribution in [1.82, 2.24) is 24.5 Å². The predicted molar refractivity (Wildman–Crippen MR) is 120 cm³/mol. The average Bonchev–Trinajstić information content (AvgIpc) is 3.15. The molecule has 0 saturated carbocycles. The molecule has 1 aliphatic rings. The van der Waals surface area contributed by atoms with Gasteiger partial charge >= 0.3 is 0 Å². The number of nitrogen functional groups attached to an aromatic ring is 1. The summed E-state index contributed by atoms with van der Waals surface area (Å²) in [5.41, 5.74) is 9.95. The van der Waals surface area contributed by atoms with Crippen LogP contribution < -0.4 is 5.73 Å². The maximum Gasteiger partial charge on any atom is 0.233 e. The van der Waals surface area contributed by atoms with Gasteiger partial charge in [0, 0.05) is 29.8 Å². The lowest BCUT2D eigenvalue weighted by molar-refractivity contribution is -0.134. The Kier molecular flexibility index (Phi) is 5.94. The van der Waals surface area contributed by atoms with Crippen molar-refractivity contribution in [1.29, 1.82) is 0 Å². The zero-order valence-electron chi connectivity index (χ0n) is 17.7. The molecule has 0 bridgehead atoms. The molecule has 158 valence electrons. The molecule has 3 aromatic rings. The number of nitrogens with two attached hydrogens (primary N) is 1. The van der Waals surface area contributed by atoms with Crippen LogP contribution in [0, 0.1) is 6.92 Å². The van der Waals surface area contributed by atoms with Crippen LogP contribution in [-0.2, 0) is 11.2 Å². The molecule has 7 nitrogen and oxygen atoms in total. The van der Waals surface area contributed by atoms with Crippen LogP contribution in [0.15, 0.2) is 35.5 Å². The Bertz CT molecular complexity index is 1040. The van der Waals surface area contributed by atoms with E-state index in [1.807, 2.05) is 30.0 Å². The highest BCUT2D eigenvalue weighted by Crippen LogP contribution is 2.27. The molecule has 0 spiro atoms. The third-order valence-electron chi connectivity index (χ3n) is 5.88. The fraction of sp³-hybridized carbons (Fsp3) is 0.455. The zero-order valence-corrected chi connectivity index (χ0v) is 18.5. The summed E-state index contributed by atoms with van der Waals surface area (Å²) in [7, 11) is 0. The number of amides is 1. The van der Waals surface area contributed by atoms with Crippen LogP contribution >= 0.6 is 11.8 Å². The Morgan fingerprint density at radius 2 is 1.87 bits per heavy atom. The molecule has 1 aromatic carbocycles. The van der Waals surface area contributed by atoms with E-state index >= 15 is 0 Å². The highest BCUT2D eigenvalue weighted by molar-refractivity contribution is 7.99. The number of anilines is 1. The first-order chi connectivity index (χ1) is 14.5. The number of aryl methyl sites for hydroxylation is 1. The molecular weight excluding hydrogens is 396 g/mol. The molecule has 4 rings (SSSR count).